The zero-order valence-electron chi connectivity index (χ0n) is 11.2. The molecule has 3 atom stereocenters. The van der Waals surface area contributed by atoms with Crippen molar-refractivity contribution in [1.82, 2.24) is 4.31 Å². The van der Waals surface area contributed by atoms with Gasteiger partial charge in [0.05, 0.1) is 11.9 Å². The van der Waals surface area contributed by atoms with Crippen molar-refractivity contribution in [2.24, 2.45) is 5.92 Å². The number of hydrogen-bond donors (Lipinski definition) is 1. The van der Waals surface area contributed by atoms with Crippen LogP contribution in [0.3, 0.4) is 0 Å². The molecule has 0 radical (unpaired) electrons. The maximum atomic E-state index is 12.2. The molecule has 0 amide bonds. The summed E-state index contributed by atoms with van der Waals surface area (Å²) in [6.07, 6.45) is 6.66. The molecular formula is C13H25NO3S. The van der Waals surface area contributed by atoms with Gasteiger partial charge in [-0.25, -0.2) is 8.42 Å². The molecule has 106 valence electrons. The minimum absolute atomic E-state index is 0.0407. The first kappa shape index (κ1) is 14.3. The number of piperidine rings is 1. The number of rotatable bonds is 3. The normalized spacial score (nSPS) is 35.6. The van der Waals surface area contributed by atoms with Crippen LogP contribution in [0.15, 0.2) is 0 Å². The van der Waals surface area contributed by atoms with Gasteiger partial charge in [-0.15, -0.1) is 0 Å². The predicted molar refractivity (Wildman–Crippen MR) is 71.8 cm³/mol. The van der Waals surface area contributed by atoms with Gasteiger partial charge in [-0.3, -0.25) is 0 Å². The first-order valence-electron chi connectivity index (χ1n) is 7.24. The summed E-state index contributed by atoms with van der Waals surface area (Å²) in [5.41, 5.74) is 0. The highest BCUT2D eigenvalue weighted by Gasteiger charge is 2.39. The van der Waals surface area contributed by atoms with Crippen LogP contribution in [0.1, 0.15) is 51.9 Å². The largest absolute Gasteiger partial charge is 0.393 e. The molecule has 0 bridgehead atoms. The summed E-state index contributed by atoms with van der Waals surface area (Å²) in [6.45, 7) is 2.35. The SMILES string of the molecule is CCS(=O)(=O)N1CCCCC1C1CCCCC1O. The zero-order chi connectivity index (χ0) is 13.2. The van der Waals surface area contributed by atoms with Crippen LogP contribution in [-0.4, -0.2) is 42.3 Å². The third-order valence-corrected chi connectivity index (χ3v) is 6.39. The fourth-order valence-electron chi connectivity index (χ4n) is 3.46. The van der Waals surface area contributed by atoms with Gasteiger partial charge in [0.1, 0.15) is 0 Å². The quantitative estimate of drug-likeness (QED) is 0.853. The first-order valence-corrected chi connectivity index (χ1v) is 8.84. The fourth-order valence-corrected chi connectivity index (χ4v) is 4.87. The van der Waals surface area contributed by atoms with Gasteiger partial charge in [-0.05, 0) is 32.6 Å². The summed E-state index contributed by atoms with van der Waals surface area (Å²) in [4.78, 5) is 0. The van der Waals surface area contributed by atoms with Crippen molar-refractivity contribution >= 4 is 10.0 Å². The highest BCUT2D eigenvalue weighted by atomic mass is 32.2. The van der Waals surface area contributed by atoms with Crippen molar-refractivity contribution in [2.75, 3.05) is 12.3 Å². The second-order valence-corrected chi connectivity index (χ2v) is 7.80. The van der Waals surface area contributed by atoms with E-state index in [4.69, 9.17) is 0 Å². The molecule has 0 aromatic carbocycles. The van der Waals surface area contributed by atoms with Crippen LogP contribution in [0.25, 0.3) is 0 Å². The van der Waals surface area contributed by atoms with Crippen LogP contribution in [-0.2, 0) is 10.0 Å². The molecule has 1 N–H and O–H groups in total. The summed E-state index contributed by atoms with van der Waals surface area (Å²) in [5, 5.41) is 10.2. The molecule has 0 aromatic rings. The number of sulfonamides is 1. The Bertz CT molecular complexity index is 368. The molecule has 2 rings (SSSR count). The third-order valence-electron chi connectivity index (χ3n) is 4.50. The van der Waals surface area contributed by atoms with Gasteiger partial charge >= 0.3 is 0 Å². The van der Waals surface area contributed by atoms with Crippen LogP contribution in [0.4, 0.5) is 0 Å². The summed E-state index contributed by atoms with van der Waals surface area (Å²) >= 11 is 0. The Labute approximate surface area is 110 Å². The van der Waals surface area contributed by atoms with Crippen molar-refractivity contribution < 1.29 is 13.5 Å². The van der Waals surface area contributed by atoms with Gasteiger partial charge in [0, 0.05) is 18.5 Å². The van der Waals surface area contributed by atoms with Gasteiger partial charge < -0.3 is 5.11 Å². The lowest BCUT2D eigenvalue weighted by atomic mass is 9.79. The zero-order valence-corrected chi connectivity index (χ0v) is 12.0. The lowest BCUT2D eigenvalue weighted by molar-refractivity contribution is 0.0204. The van der Waals surface area contributed by atoms with E-state index >= 15 is 0 Å². The Morgan fingerprint density at radius 1 is 1.11 bits per heavy atom. The van der Waals surface area contributed by atoms with Crippen LogP contribution in [0.2, 0.25) is 0 Å². The van der Waals surface area contributed by atoms with Crippen molar-refractivity contribution in [3.63, 3.8) is 0 Å². The Morgan fingerprint density at radius 3 is 2.44 bits per heavy atom. The van der Waals surface area contributed by atoms with Crippen molar-refractivity contribution in [3.8, 4) is 0 Å². The van der Waals surface area contributed by atoms with Crippen LogP contribution in [0, 0.1) is 5.92 Å². The summed E-state index contributed by atoms with van der Waals surface area (Å²) in [6, 6.07) is 0.0407. The number of nitrogens with zero attached hydrogens (tertiary/aromatic N) is 1. The van der Waals surface area contributed by atoms with E-state index in [0.29, 0.717) is 6.54 Å². The standard InChI is InChI=1S/C13H25NO3S/c1-2-18(16,17)14-10-6-5-8-12(14)11-7-3-4-9-13(11)15/h11-13,15H,2-10H2,1H3. The molecule has 2 fully saturated rings. The van der Waals surface area contributed by atoms with Crippen molar-refractivity contribution in [3.05, 3.63) is 0 Å². The molecule has 0 aromatic heterocycles. The van der Waals surface area contributed by atoms with E-state index in [-0.39, 0.29) is 23.8 Å². The fraction of sp³-hybridized carbons (Fsp3) is 1.00. The van der Waals surface area contributed by atoms with E-state index < -0.39 is 10.0 Å². The molecule has 1 saturated heterocycles. The molecule has 1 aliphatic carbocycles. The van der Waals surface area contributed by atoms with E-state index in [9.17, 15) is 13.5 Å². The average molecular weight is 275 g/mol. The Morgan fingerprint density at radius 2 is 1.78 bits per heavy atom. The molecule has 2 aliphatic rings. The number of hydrogen-bond acceptors (Lipinski definition) is 3. The average Bonchev–Trinajstić information content (AvgIpc) is 2.39. The Hall–Kier alpha value is -0.130. The van der Waals surface area contributed by atoms with E-state index in [1.165, 1.54) is 0 Å². The van der Waals surface area contributed by atoms with Crippen LogP contribution in [0.5, 0.6) is 0 Å². The lowest BCUT2D eigenvalue weighted by Crippen LogP contribution is -2.51. The summed E-state index contributed by atoms with van der Waals surface area (Å²) in [7, 11) is -3.12. The highest BCUT2D eigenvalue weighted by molar-refractivity contribution is 7.89. The molecule has 4 nitrogen and oxygen atoms in total. The molecule has 5 heteroatoms. The minimum atomic E-state index is -3.12. The summed E-state index contributed by atoms with van der Waals surface area (Å²) < 4.78 is 26.0. The number of aliphatic hydroxyl groups excluding tert-OH is 1. The van der Waals surface area contributed by atoms with Gasteiger partial charge in [0.25, 0.3) is 0 Å². The van der Waals surface area contributed by atoms with Gasteiger partial charge in [0.2, 0.25) is 10.0 Å². The Kier molecular flexibility index (Phi) is 4.67. The molecule has 1 saturated carbocycles. The second kappa shape index (κ2) is 5.88. The smallest absolute Gasteiger partial charge is 0.214 e. The van der Waals surface area contributed by atoms with E-state index in [1.807, 2.05) is 0 Å². The molecule has 18 heavy (non-hydrogen) atoms. The molecule has 3 unspecified atom stereocenters. The van der Waals surface area contributed by atoms with E-state index in [1.54, 1.807) is 11.2 Å². The summed E-state index contributed by atoms with van der Waals surface area (Å²) in [5.74, 6) is 0.326. The molecule has 1 heterocycles. The molecular weight excluding hydrogens is 250 g/mol. The van der Waals surface area contributed by atoms with Gasteiger partial charge in [0.15, 0.2) is 0 Å². The topological polar surface area (TPSA) is 57.6 Å². The van der Waals surface area contributed by atoms with Crippen LogP contribution >= 0.6 is 0 Å². The van der Waals surface area contributed by atoms with Gasteiger partial charge in [-0.1, -0.05) is 19.3 Å². The Balaban J connectivity index is 2.17. The minimum Gasteiger partial charge on any atom is -0.393 e. The third kappa shape index (κ3) is 2.89. The first-order chi connectivity index (χ1) is 8.56. The molecule has 1 aliphatic heterocycles. The highest BCUT2D eigenvalue weighted by Crippen LogP contribution is 2.35. The van der Waals surface area contributed by atoms with E-state index in [2.05, 4.69) is 0 Å². The second-order valence-electron chi connectivity index (χ2n) is 5.59. The monoisotopic (exact) mass is 275 g/mol. The lowest BCUT2D eigenvalue weighted by Gasteiger charge is -2.42. The van der Waals surface area contributed by atoms with Crippen molar-refractivity contribution in [2.45, 2.75) is 64.0 Å². The number of aliphatic hydroxyl groups is 1. The van der Waals surface area contributed by atoms with E-state index in [0.717, 1.165) is 44.9 Å². The predicted octanol–water partition coefficient (Wildman–Crippen LogP) is 1.74. The van der Waals surface area contributed by atoms with Crippen molar-refractivity contribution in [1.29, 1.82) is 0 Å². The van der Waals surface area contributed by atoms with Crippen LogP contribution < -0.4 is 0 Å². The maximum absolute atomic E-state index is 12.2. The molecule has 0 spiro atoms. The van der Waals surface area contributed by atoms with Gasteiger partial charge in [-0.2, -0.15) is 4.31 Å². The maximum Gasteiger partial charge on any atom is 0.214 e.